The fourth-order valence-corrected chi connectivity index (χ4v) is 0.965. The molecular formula is C8H7N3O2. The van der Waals surface area contributed by atoms with Crippen molar-refractivity contribution in [1.82, 2.24) is 0 Å². The first-order chi connectivity index (χ1) is 6.16. The molecular weight excluding hydrogens is 170 g/mol. The Morgan fingerprint density at radius 3 is 2.85 bits per heavy atom. The van der Waals surface area contributed by atoms with E-state index in [1.54, 1.807) is 0 Å². The Morgan fingerprint density at radius 1 is 1.62 bits per heavy atom. The van der Waals surface area contributed by atoms with Crippen LogP contribution >= 0.6 is 0 Å². The van der Waals surface area contributed by atoms with Crippen LogP contribution in [0.15, 0.2) is 23.3 Å². The normalized spacial score (nSPS) is 9.00. The summed E-state index contributed by atoms with van der Waals surface area (Å²) in [5.41, 5.74) is 8.39. The molecule has 1 aromatic carbocycles. The SMILES string of the molecule is CC(=O)c1cccc(O)c1N=[N+]=[N-]. The standard InChI is InChI=1S/C8H7N3O2/c1-5(12)6-3-2-4-7(13)8(6)10-11-9/h2-4,13H,1H3. The van der Waals surface area contributed by atoms with Gasteiger partial charge in [0.25, 0.3) is 0 Å². The van der Waals surface area contributed by atoms with Crippen LogP contribution in [0.3, 0.4) is 0 Å². The number of ketones is 1. The Hall–Kier alpha value is -2.00. The van der Waals surface area contributed by atoms with Gasteiger partial charge < -0.3 is 5.11 Å². The van der Waals surface area contributed by atoms with Gasteiger partial charge >= 0.3 is 0 Å². The van der Waals surface area contributed by atoms with E-state index in [0.717, 1.165) is 0 Å². The molecule has 1 aromatic rings. The summed E-state index contributed by atoms with van der Waals surface area (Å²) in [4.78, 5) is 13.5. The van der Waals surface area contributed by atoms with Crippen molar-refractivity contribution in [2.75, 3.05) is 0 Å². The molecule has 0 atom stereocenters. The van der Waals surface area contributed by atoms with Crippen LogP contribution in [0.2, 0.25) is 0 Å². The van der Waals surface area contributed by atoms with Crippen molar-refractivity contribution >= 4 is 11.5 Å². The van der Waals surface area contributed by atoms with Crippen LogP contribution < -0.4 is 0 Å². The van der Waals surface area contributed by atoms with E-state index in [-0.39, 0.29) is 22.8 Å². The highest BCUT2D eigenvalue weighted by molar-refractivity contribution is 5.99. The molecule has 0 bridgehead atoms. The summed E-state index contributed by atoms with van der Waals surface area (Å²) in [6.45, 7) is 1.34. The molecule has 0 aliphatic heterocycles. The van der Waals surface area contributed by atoms with Crippen LogP contribution in [0.25, 0.3) is 10.4 Å². The van der Waals surface area contributed by atoms with Crippen molar-refractivity contribution in [2.45, 2.75) is 6.92 Å². The van der Waals surface area contributed by atoms with Gasteiger partial charge in [0.1, 0.15) is 5.75 Å². The van der Waals surface area contributed by atoms with Crippen LogP contribution in [0.5, 0.6) is 5.75 Å². The molecule has 0 saturated carbocycles. The smallest absolute Gasteiger partial charge is 0.160 e. The van der Waals surface area contributed by atoms with Crippen molar-refractivity contribution in [3.63, 3.8) is 0 Å². The monoisotopic (exact) mass is 177 g/mol. The van der Waals surface area contributed by atoms with Crippen LogP contribution in [-0.2, 0) is 0 Å². The van der Waals surface area contributed by atoms with Crippen LogP contribution in [-0.4, -0.2) is 10.9 Å². The topological polar surface area (TPSA) is 86.1 Å². The largest absolute Gasteiger partial charge is 0.507 e. The van der Waals surface area contributed by atoms with Gasteiger partial charge in [-0.25, -0.2) is 0 Å². The van der Waals surface area contributed by atoms with Gasteiger partial charge in [0, 0.05) is 10.5 Å². The number of benzene rings is 1. The zero-order chi connectivity index (χ0) is 9.84. The van der Waals surface area contributed by atoms with Crippen molar-refractivity contribution in [2.24, 2.45) is 5.11 Å². The van der Waals surface area contributed by atoms with Crippen LogP contribution in [0, 0.1) is 0 Å². The summed E-state index contributed by atoms with van der Waals surface area (Å²) < 4.78 is 0. The first-order valence-electron chi connectivity index (χ1n) is 3.55. The van der Waals surface area contributed by atoms with Crippen molar-refractivity contribution in [1.29, 1.82) is 0 Å². The quantitative estimate of drug-likeness (QED) is 0.325. The third kappa shape index (κ3) is 1.77. The zero-order valence-electron chi connectivity index (χ0n) is 6.93. The van der Waals surface area contributed by atoms with Crippen molar-refractivity contribution < 1.29 is 9.90 Å². The Labute approximate surface area is 74.3 Å². The second-order valence-electron chi connectivity index (χ2n) is 2.42. The van der Waals surface area contributed by atoms with E-state index in [9.17, 15) is 9.90 Å². The minimum Gasteiger partial charge on any atom is -0.507 e. The lowest BCUT2D eigenvalue weighted by Crippen LogP contribution is -1.91. The van der Waals surface area contributed by atoms with E-state index in [4.69, 9.17) is 5.53 Å². The lowest BCUT2D eigenvalue weighted by molar-refractivity contribution is 0.101. The van der Waals surface area contributed by atoms with Gasteiger partial charge in [-0.1, -0.05) is 17.2 Å². The Balaban J connectivity index is 3.42. The average Bonchev–Trinajstić information content (AvgIpc) is 2.08. The van der Waals surface area contributed by atoms with Gasteiger partial charge in [0.15, 0.2) is 5.78 Å². The number of rotatable bonds is 2. The van der Waals surface area contributed by atoms with Crippen molar-refractivity contribution in [3.05, 3.63) is 34.2 Å². The van der Waals surface area contributed by atoms with E-state index < -0.39 is 0 Å². The predicted octanol–water partition coefficient (Wildman–Crippen LogP) is 2.54. The van der Waals surface area contributed by atoms with Crippen molar-refractivity contribution in [3.8, 4) is 5.75 Å². The van der Waals surface area contributed by atoms with Gasteiger partial charge in [-0.15, -0.1) is 0 Å². The Bertz CT molecular complexity index is 394. The molecule has 1 rings (SSSR count). The van der Waals surface area contributed by atoms with E-state index in [0.29, 0.717) is 0 Å². The Kier molecular flexibility index (Phi) is 2.52. The fourth-order valence-electron chi connectivity index (χ4n) is 0.965. The second kappa shape index (κ2) is 3.60. The first-order valence-corrected chi connectivity index (χ1v) is 3.55. The lowest BCUT2D eigenvalue weighted by atomic mass is 10.1. The molecule has 0 aliphatic rings. The third-order valence-electron chi connectivity index (χ3n) is 1.54. The number of hydrogen-bond acceptors (Lipinski definition) is 3. The highest BCUT2D eigenvalue weighted by Gasteiger charge is 2.08. The molecule has 66 valence electrons. The molecule has 1 N–H and O–H groups in total. The minimum atomic E-state index is -0.252. The highest BCUT2D eigenvalue weighted by Crippen LogP contribution is 2.30. The number of Topliss-reactive ketones (excluding diaryl/α,β-unsaturated/α-hetero) is 1. The van der Waals surface area contributed by atoms with E-state index in [1.165, 1.54) is 25.1 Å². The lowest BCUT2D eigenvalue weighted by Gasteiger charge is -2.01. The fraction of sp³-hybridized carbons (Fsp3) is 0.125. The molecule has 0 aromatic heterocycles. The number of carbonyl (C=O) groups is 1. The van der Waals surface area contributed by atoms with Gasteiger partial charge in [-0.3, -0.25) is 4.79 Å². The summed E-state index contributed by atoms with van der Waals surface area (Å²) in [7, 11) is 0. The maximum Gasteiger partial charge on any atom is 0.160 e. The first kappa shape index (κ1) is 9.09. The molecule has 5 heteroatoms. The molecule has 0 fully saturated rings. The second-order valence-corrected chi connectivity index (χ2v) is 2.42. The molecule has 13 heavy (non-hydrogen) atoms. The molecule has 0 spiro atoms. The maximum absolute atomic E-state index is 11.0. The predicted molar refractivity (Wildman–Crippen MR) is 46.9 cm³/mol. The number of phenols is 1. The van der Waals surface area contributed by atoms with E-state index in [2.05, 4.69) is 10.0 Å². The Morgan fingerprint density at radius 2 is 2.31 bits per heavy atom. The molecule has 0 saturated heterocycles. The molecule has 0 amide bonds. The van der Waals surface area contributed by atoms with E-state index >= 15 is 0 Å². The summed E-state index contributed by atoms with van der Waals surface area (Å²) in [6.07, 6.45) is 0. The molecule has 0 unspecified atom stereocenters. The number of hydrogen-bond donors (Lipinski definition) is 1. The number of phenolic OH excluding ortho intramolecular Hbond substituents is 1. The van der Waals surface area contributed by atoms with Gasteiger partial charge in [0.2, 0.25) is 0 Å². The number of azide groups is 1. The van der Waals surface area contributed by atoms with E-state index in [1.807, 2.05) is 0 Å². The maximum atomic E-state index is 11.0. The zero-order valence-corrected chi connectivity index (χ0v) is 6.93. The number of carbonyl (C=O) groups excluding carboxylic acids is 1. The number of nitrogens with zero attached hydrogens (tertiary/aromatic N) is 3. The van der Waals surface area contributed by atoms with Crippen LogP contribution in [0.1, 0.15) is 17.3 Å². The van der Waals surface area contributed by atoms with Gasteiger partial charge in [-0.2, -0.15) is 0 Å². The summed E-state index contributed by atoms with van der Waals surface area (Å²) in [5, 5.41) is 12.5. The third-order valence-corrected chi connectivity index (χ3v) is 1.54. The summed E-state index contributed by atoms with van der Waals surface area (Å²) in [5.74, 6) is -0.441. The molecule has 5 nitrogen and oxygen atoms in total. The molecule has 0 radical (unpaired) electrons. The number of aromatic hydroxyl groups is 1. The molecule has 0 aliphatic carbocycles. The average molecular weight is 177 g/mol. The minimum absolute atomic E-state index is 0.0162. The van der Waals surface area contributed by atoms with Gasteiger partial charge in [-0.05, 0) is 18.5 Å². The van der Waals surface area contributed by atoms with Gasteiger partial charge in [0.05, 0.1) is 5.69 Å². The summed E-state index contributed by atoms with van der Waals surface area (Å²) >= 11 is 0. The molecule has 0 heterocycles. The van der Waals surface area contributed by atoms with Crippen LogP contribution in [0.4, 0.5) is 5.69 Å². The highest BCUT2D eigenvalue weighted by atomic mass is 16.3. The summed E-state index contributed by atoms with van der Waals surface area (Å²) in [6, 6.07) is 4.37.